The summed E-state index contributed by atoms with van der Waals surface area (Å²) in [7, 11) is 0. The van der Waals surface area contributed by atoms with Gasteiger partial charge in [0, 0.05) is 29.2 Å². The molecule has 0 heterocycles. The fraction of sp³-hybridized carbons (Fsp3) is 0.0426. The van der Waals surface area contributed by atoms with Crippen LogP contribution in [0, 0.1) is 0 Å². The third-order valence-electron chi connectivity index (χ3n) is 9.89. The molecule has 0 bridgehead atoms. The standard InChI is InChI=1S/C47H34N2/c1-3-48-30-31(2)49(36-26-25-32-15-10-11-20-35(32)29-36)42-28-27-41-45-39(42)23-14-24-40(45)46-43(33-16-6-4-7-17-33)37-21-12-13-22-38(37)44(47(41)46)34-18-8-5-9-19-34/h3-30H,1-2H3/b31-30+,48-3-. The summed E-state index contributed by atoms with van der Waals surface area (Å²) in [6, 6.07) is 57.5. The zero-order valence-corrected chi connectivity index (χ0v) is 27.6. The maximum Gasteiger partial charge on any atom is 0.0537 e. The highest BCUT2D eigenvalue weighted by atomic mass is 15.2. The third-order valence-corrected chi connectivity index (χ3v) is 9.89. The van der Waals surface area contributed by atoms with E-state index in [2.05, 4.69) is 175 Å². The maximum absolute atomic E-state index is 4.56. The summed E-state index contributed by atoms with van der Waals surface area (Å²) in [4.78, 5) is 6.92. The molecule has 0 saturated heterocycles. The van der Waals surface area contributed by atoms with E-state index in [1.807, 2.05) is 19.3 Å². The number of hydrogen-bond donors (Lipinski definition) is 0. The van der Waals surface area contributed by atoms with Crippen LogP contribution in [0.2, 0.25) is 0 Å². The number of hydrogen-bond acceptors (Lipinski definition) is 2. The van der Waals surface area contributed by atoms with E-state index in [1.165, 1.54) is 76.8 Å². The minimum atomic E-state index is 1.05. The Bertz CT molecular complexity index is 2520. The molecule has 0 spiro atoms. The SMILES string of the molecule is C/C=N\C=C(/C)N(c1ccc2ccccc2c1)c1ccc2c3c(cccc13)-c1c-2c(-c2ccccc2)c2ccccc2c1-c1ccccc1. The van der Waals surface area contributed by atoms with Gasteiger partial charge in [0.25, 0.3) is 0 Å². The molecule has 0 N–H and O–H groups in total. The van der Waals surface area contributed by atoms with Crippen molar-refractivity contribution in [3.8, 4) is 44.5 Å². The molecule has 0 amide bonds. The summed E-state index contributed by atoms with van der Waals surface area (Å²) in [6.07, 6.45) is 3.80. The number of anilines is 2. The first-order valence-electron chi connectivity index (χ1n) is 16.9. The first-order valence-corrected chi connectivity index (χ1v) is 16.9. The zero-order chi connectivity index (χ0) is 32.9. The lowest BCUT2D eigenvalue weighted by Crippen LogP contribution is -2.14. The summed E-state index contributed by atoms with van der Waals surface area (Å²) in [5.41, 5.74) is 13.5. The number of aliphatic imine (C=N–C) groups is 1. The molecule has 0 aromatic heterocycles. The highest BCUT2D eigenvalue weighted by Gasteiger charge is 2.31. The molecule has 0 fully saturated rings. The van der Waals surface area contributed by atoms with Gasteiger partial charge in [-0.1, -0.05) is 140 Å². The molecule has 8 aromatic rings. The Labute approximate surface area is 286 Å². The Morgan fingerprint density at radius 3 is 1.73 bits per heavy atom. The van der Waals surface area contributed by atoms with Crippen LogP contribution in [0.25, 0.3) is 76.8 Å². The second kappa shape index (κ2) is 11.8. The fourth-order valence-electron chi connectivity index (χ4n) is 7.88. The van der Waals surface area contributed by atoms with Gasteiger partial charge in [0.2, 0.25) is 0 Å². The van der Waals surface area contributed by atoms with Gasteiger partial charge >= 0.3 is 0 Å². The normalized spacial score (nSPS) is 12.3. The van der Waals surface area contributed by atoms with E-state index < -0.39 is 0 Å². The average Bonchev–Trinajstić information content (AvgIpc) is 3.49. The van der Waals surface area contributed by atoms with Crippen LogP contribution in [-0.4, -0.2) is 6.21 Å². The number of allylic oxidation sites excluding steroid dienone is 1. The van der Waals surface area contributed by atoms with E-state index in [-0.39, 0.29) is 0 Å². The molecule has 0 atom stereocenters. The second-order valence-corrected chi connectivity index (χ2v) is 12.7. The number of rotatable bonds is 6. The van der Waals surface area contributed by atoms with Gasteiger partial charge in [0.05, 0.1) is 5.69 Å². The van der Waals surface area contributed by atoms with Gasteiger partial charge in [-0.3, -0.25) is 4.99 Å². The highest BCUT2D eigenvalue weighted by molar-refractivity contribution is 6.28. The largest absolute Gasteiger partial charge is 0.312 e. The van der Waals surface area contributed by atoms with Crippen LogP contribution in [0.1, 0.15) is 13.8 Å². The van der Waals surface area contributed by atoms with Crippen molar-refractivity contribution >= 4 is 49.9 Å². The van der Waals surface area contributed by atoms with E-state index in [0.717, 1.165) is 17.1 Å². The molecule has 49 heavy (non-hydrogen) atoms. The predicted octanol–water partition coefficient (Wildman–Crippen LogP) is 13.2. The van der Waals surface area contributed by atoms with Crippen molar-refractivity contribution in [2.45, 2.75) is 13.8 Å². The first-order chi connectivity index (χ1) is 24.2. The molecular weight excluding hydrogens is 593 g/mol. The lowest BCUT2D eigenvalue weighted by Gasteiger charge is -2.27. The first kappa shape index (κ1) is 28.9. The smallest absolute Gasteiger partial charge is 0.0537 e. The van der Waals surface area contributed by atoms with Crippen molar-refractivity contribution in [2.24, 2.45) is 4.99 Å². The Morgan fingerprint density at radius 1 is 0.510 bits per heavy atom. The molecule has 1 aliphatic carbocycles. The molecule has 0 saturated carbocycles. The third kappa shape index (κ3) is 4.60. The monoisotopic (exact) mass is 626 g/mol. The van der Waals surface area contributed by atoms with Gasteiger partial charge in [-0.15, -0.1) is 0 Å². The van der Waals surface area contributed by atoms with Gasteiger partial charge in [0.1, 0.15) is 0 Å². The van der Waals surface area contributed by atoms with Crippen molar-refractivity contribution in [3.05, 3.63) is 170 Å². The maximum atomic E-state index is 4.56. The van der Waals surface area contributed by atoms with Crippen LogP contribution in [0.15, 0.2) is 175 Å². The van der Waals surface area contributed by atoms with E-state index in [0.29, 0.717) is 0 Å². The molecule has 2 nitrogen and oxygen atoms in total. The van der Waals surface area contributed by atoms with Crippen LogP contribution in [0.4, 0.5) is 11.4 Å². The topological polar surface area (TPSA) is 15.6 Å². The van der Waals surface area contributed by atoms with Gasteiger partial charge in [-0.2, -0.15) is 0 Å². The lowest BCUT2D eigenvalue weighted by molar-refractivity contribution is 1.15. The van der Waals surface area contributed by atoms with Gasteiger partial charge in [0.15, 0.2) is 0 Å². The van der Waals surface area contributed by atoms with Crippen LogP contribution in [-0.2, 0) is 0 Å². The number of benzene rings is 8. The Morgan fingerprint density at radius 2 is 1.08 bits per heavy atom. The van der Waals surface area contributed by atoms with Crippen molar-refractivity contribution < 1.29 is 0 Å². The number of nitrogens with zero attached hydrogens (tertiary/aromatic N) is 2. The summed E-state index contributed by atoms with van der Waals surface area (Å²) >= 11 is 0. The minimum Gasteiger partial charge on any atom is -0.312 e. The average molecular weight is 627 g/mol. The Kier molecular flexibility index (Phi) is 6.95. The summed E-state index contributed by atoms with van der Waals surface area (Å²) < 4.78 is 0. The summed E-state index contributed by atoms with van der Waals surface area (Å²) in [5.74, 6) is 0. The minimum absolute atomic E-state index is 1.05. The highest BCUT2D eigenvalue weighted by Crippen LogP contribution is 2.58. The molecule has 9 rings (SSSR count). The fourth-order valence-corrected chi connectivity index (χ4v) is 7.88. The molecular formula is C47H34N2. The molecule has 2 heteroatoms. The van der Waals surface area contributed by atoms with Gasteiger partial charge < -0.3 is 4.90 Å². The van der Waals surface area contributed by atoms with Crippen LogP contribution >= 0.6 is 0 Å². The molecule has 8 aromatic carbocycles. The van der Waals surface area contributed by atoms with Gasteiger partial charge in [-0.25, -0.2) is 0 Å². The molecule has 0 aliphatic heterocycles. The summed E-state index contributed by atoms with van der Waals surface area (Å²) in [6.45, 7) is 4.10. The quantitative estimate of drug-likeness (QED) is 0.168. The molecule has 0 unspecified atom stereocenters. The van der Waals surface area contributed by atoms with Crippen molar-refractivity contribution in [3.63, 3.8) is 0 Å². The zero-order valence-electron chi connectivity index (χ0n) is 27.6. The molecule has 0 radical (unpaired) electrons. The molecule has 232 valence electrons. The second-order valence-electron chi connectivity index (χ2n) is 12.7. The van der Waals surface area contributed by atoms with Crippen molar-refractivity contribution in [1.29, 1.82) is 0 Å². The number of fused-ring (bicyclic) bond motifs is 5. The predicted molar refractivity (Wildman–Crippen MR) is 211 cm³/mol. The summed E-state index contributed by atoms with van der Waals surface area (Å²) in [5, 5.41) is 7.48. The van der Waals surface area contributed by atoms with Crippen LogP contribution in [0.3, 0.4) is 0 Å². The Hall–Kier alpha value is -6.25. The van der Waals surface area contributed by atoms with E-state index in [4.69, 9.17) is 0 Å². The van der Waals surface area contributed by atoms with Gasteiger partial charge in [-0.05, 0) is 103 Å². The van der Waals surface area contributed by atoms with Crippen LogP contribution in [0.5, 0.6) is 0 Å². The van der Waals surface area contributed by atoms with E-state index in [9.17, 15) is 0 Å². The Balaban J connectivity index is 1.39. The lowest BCUT2D eigenvalue weighted by atomic mass is 9.82. The molecule has 1 aliphatic rings. The van der Waals surface area contributed by atoms with E-state index in [1.54, 1.807) is 0 Å². The van der Waals surface area contributed by atoms with Crippen molar-refractivity contribution in [2.75, 3.05) is 4.90 Å². The van der Waals surface area contributed by atoms with Crippen LogP contribution < -0.4 is 4.90 Å². The van der Waals surface area contributed by atoms with E-state index >= 15 is 0 Å². The van der Waals surface area contributed by atoms with Crippen molar-refractivity contribution in [1.82, 2.24) is 0 Å².